The minimum Gasteiger partial charge on any atom is -0.508 e. The van der Waals surface area contributed by atoms with Crippen LogP contribution in [0.25, 0.3) is 0 Å². The Balaban J connectivity index is 1.72. The molecule has 0 aliphatic carbocycles. The third kappa shape index (κ3) is 9.22. The number of phenols is 1. The highest BCUT2D eigenvalue weighted by atomic mass is 16.5. The number of carbonyl (C=O) groups excluding carboxylic acids is 3. The molecule has 12 heteroatoms. The van der Waals surface area contributed by atoms with Crippen LogP contribution in [0, 0.1) is 11.3 Å². The van der Waals surface area contributed by atoms with Gasteiger partial charge in [0.15, 0.2) is 5.96 Å². The normalized spacial score (nSPS) is 15.4. The number of guanidine groups is 1. The molecule has 2 unspecified atom stereocenters. The Labute approximate surface area is 238 Å². The fourth-order valence-corrected chi connectivity index (χ4v) is 4.06. The highest BCUT2D eigenvalue weighted by molar-refractivity contribution is 6.00. The maximum Gasteiger partial charge on any atom is 0.308 e. The van der Waals surface area contributed by atoms with Gasteiger partial charge >= 0.3 is 5.97 Å². The SMILES string of the molecule is CCOC(=O)CC(NC(=O)CNC(=O)c1cc(O)cc(NC2=NCC(O)CN2)c1)c1cc(C#N)cc(C(C)(C)C)c1. The Morgan fingerprint density at radius 2 is 1.95 bits per heavy atom. The van der Waals surface area contributed by atoms with Crippen molar-refractivity contribution in [2.75, 3.05) is 31.6 Å². The van der Waals surface area contributed by atoms with Crippen LogP contribution in [0.5, 0.6) is 5.75 Å². The fourth-order valence-electron chi connectivity index (χ4n) is 4.06. The highest BCUT2D eigenvalue weighted by Gasteiger charge is 2.23. The topological polar surface area (TPSA) is 185 Å². The van der Waals surface area contributed by atoms with Crippen LogP contribution in [-0.2, 0) is 19.7 Å². The molecule has 0 spiro atoms. The molecule has 0 saturated carbocycles. The molecule has 0 bridgehead atoms. The number of hydrogen-bond donors (Lipinski definition) is 6. The second-order valence-electron chi connectivity index (χ2n) is 10.6. The molecule has 1 heterocycles. The van der Waals surface area contributed by atoms with Gasteiger partial charge < -0.3 is 36.2 Å². The monoisotopic (exact) mass is 564 g/mol. The molecule has 218 valence electrons. The summed E-state index contributed by atoms with van der Waals surface area (Å²) >= 11 is 0. The van der Waals surface area contributed by atoms with Crippen molar-refractivity contribution in [3.05, 3.63) is 58.7 Å². The number of ether oxygens (including phenoxy) is 1. The second-order valence-corrected chi connectivity index (χ2v) is 10.6. The van der Waals surface area contributed by atoms with E-state index >= 15 is 0 Å². The van der Waals surface area contributed by atoms with Gasteiger partial charge in [-0.1, -0.05) is 26.8 Å². The first-order valence-corrected chi connectivity index (χ1v) is 13.2. The molecule has 12 nitrogen and oxygen atoms in total. The molecule has 2 atom stereocenters. The van der Waals surface area contributed by atoms with Gasteiger partial charge in [-0.15, -0.1) is 0 Å². The minimum atomic E-state index is -0.799. The summed E-state index contributed by atoms with van der Waals surface area (Å²) in [6, 6.07) is 10.7. The maximum absolute atomic E-state index is 12.9. The highest BCUT2D eigenvalue weighted by Crippen LogP contribution is 2.28. The Hall–Kier alpha value is -4.63. The molecule has 2 amide bonds. The van der Waals surface area contributed by atoms with E-state index in [1.54, 1.807) is 19.1 Å². The lowest BCUT2D eigenvalue weighted by Crippen LogP contribution is -2.42. The lowest BCUT2D eigenvalue weighted by molar-refractivity contribution is -0.143. The Morgan fingerprint density at radius 3 is 2.59 bits per heavy atom. The third-order valence-electron chi connectivity index (χ3n) is 6.18. The molecule has 0 aromatic heterocycles. The van der Waals surface area contributed by atoms with E-state index < -0.39 is 36.5 Å². The van der Waals surface area contributed by atoms with Crippen molar-refractivity contribution in [2.24, 2.45) is 4.99 Å². The van der Waals surface area contributed by atoms with Crippen LogP contribution in [0.15, 0.2) is 41.4 Å². The number of aromatic hydroxyl groups is 1. The number of amides is 2. The number of nitriles is 1. The molecule has 1 aliphatic rings. The van der Waals surface area contributed by atoms with Crippen molar-refractivity contribution in [1.29, 1.82) is 5.26 Å². The first kappa shape index (κ1) is 30.9. The van der Waals surface area contributed by atoms with Crippen LogP contribution >= 0.6 is 0 Å². The zero-order valence-electron chi connectivity index (χ0n) is 23.6. The molecular weight excluding hydrogens is 528 g/mol. The molecule has 1 aliphatic heterocycles. The number of benzene rings is 2. The number of β-amino-alcohol motifs (C(OH)–C–C–N with tert-alkyl or cyclic N) is 1. The van der Waals surface area contributed by atoms with Crippen molar-refractivity contribution in [2.45, 2.75) is 51.7 Å². The number of nitrogens with zero attached hydrogens (tertiary/aromatic N) is 2. The van der Waals surface area contributed by atoms with Gasteiger partial charge in [0, 0.05) is 23.9 Å². The zero-order valence-corrected chi connectivity index (χ0v) is 23.6. The number of aliphatic imine (C=N–C) groups is 1. The number of nitrogens with one attached hydrogen (secondary N) is 4. The van der Waals surface area contributed by atoms with Crippen molar-refractivity contribution in [3.63, 3.8) is 0 Å². The number of phenolic OH excluding ortho intramolecular Hbond substituents is 1. The Kier molecular flexibility index (Phi) is 10.3. The second kappa shape index (κ2) is 13.6. The summed E-state index contributed by atoms with van der Waals surface area (Å²) in [7, 11) is 0. The number of anilines is 1. The van der Waals surface area contributed by atoms with Gasteiger partial charge in [0.05, 0.1) is 49.9 Å². The van der Waals surface area contributed by atoms with E-state index in [1.807, 2.05) is 26.8 Å². The van der Waals surface area contributed by atoms with Gasteiger partial charge in [-0.3, -0.25) is 19.4 Å². The predicted molar refractivity (Wildman–Crippen MR) is 152 cm³/mol. The quantitative estimate of drug-likeness (QED) is 0.247. The standard InChI is InChI=1S/C29H36N6O6/c1-5-41-26(39)12-24(18-6-17(13-30)7-20(8-18)29(2,3)4)35-25(38)16-31-27(40)19-9-21(11-22(36)10-19)34-28-32-14-23(37)15-33-28/h6-11,23-24,36-37H,5,12,14-16H2,1-4H3,(H,31,40)(H,35,38)(H2,32,33,34). The predicted octanol–water partition coefficient (Wildman–Crippen LogP) is 1.83. The number of aliphatic hydroxyl groups is 1. The van der Waals surface area contributed by atoms with E-state index in [2.05, 4.69) is 32.3 Å². The Bertz CT molecular complexity index is 1360. The smallest absolute Gasteiger partial charge is 0.308 e. The van der Waals surface area contributed by atoms with E-state index in [-0.39, 0.29) is 36.3 Å². The summed E-state index contributed by atoms with van der Waals surface area (Å²) in [5, 5.41) is 40.4. The first-order valence-electron chi connectivity index (χ1n) is 13.2. The molecule has 0 radical (unpaired) electrons. The number of esters is 1. The maximum atomic E-state index is 12.9. The first-order chi connectivity index (χ1) is 19.4. The van der Waals surface area contributed by atoms with Crippen LogP contribution in [0.4, 0.5) is 5.69 Å². The van der Waals surface area contributed by atoms with Crippen molar-refractivity contribution >= 4 is 29.4 Å². The van der Waals surface area contributed by atoms with Gasteiger partial charge in [-0.05, 0) is 47.7 Å². The molecule has 41 heavy (non-hydrogen) atoms. The average molecular weight is 565 g/mol. The number of hydrogen-bond acceptors (Lipinski definition) is 10. The molecule has 2 aromatic carbocycles. The third-order valence-corrected chi connectivity index (χ3v) is 6.18. The van der Waals surface area contributed by atoms with Gasteiger partial charge in [-0.25, -0.2) is 0 Å². The fraction of sp³-hybridized carbons (Fsp3) is 0.414. The average Bonchev–Trinajstić information content (AvgIpc) is 2.91. The van der Waals surface area contributed by atoms with E-state index in [1.165, 1.54) is 18.2 Å². The number of rotatable bonds is 9. The van der Waals surface area contributed by atoms with Crippen molar-refractivity contribution in [3.8, 4) is 11.8 Å². The number of carbonyl (C=O) groups is 3. The van der Waals surface area contributed by atoms with E-state index in [0.29, 0.717) is 29.3 Å². The lowest BCUT2D eigenvalue weighted by atomic mass is 9.84. The van der Waals surface area contributed by atoms with Crippen molar-refractivity contribution < 1.29 is 29.3 Å². The van der Waals surface area contributed by atoms with Crippen molar-refractivity contribution in [1.82, 2.24) is 16.0 Å². The summed E-state index contributed by atoms with van der Waals surface area (Å²) in [6.45, 7) is 7.95. The van der Waals surface area contributed by atoms with Gasteiger partial charge in [0.25, 0.3) is 5.91 Å². The van der Waals surface area contributed by atoms with E-state index in [4.69, 9.17) is 4.74 Å². The summed E-state index contributed by atoms with van der Waals surface area (Å²) < 4.78 is 5.09. The largest absolute Gasteiger partial charge is 0.508 e. The van der Waals surface area contributed by atoms with Gasteiger partial charge in [0.2, 0.25) is 5.91 Å². The van der Waals surface area contributed by atoms with Crippen LogP contribution in [-0.4, -0.2) is 66.3 Å². The summed E-state index contributed by atoms with van der Waals surface area (Å²) in [6.07, 6.45) is -0.757. The summed E-state index contributed by atoms with van der Waals surface area (Å²) in [5.74, 6) is -1.49. The molecule has 2 aromatic rings. The molecule has 0 saturated heterocycles. The lowest BCUT2D eigenvalue weighted by Gasteiger charge is -2.24. The zero-order chi connectivity index (χ0) is 30.2. The summed E-state index contributed by atoms with van der Waals surface area (Å²) in [5.41, 5.74) is 2.01. The van der Waals surface area contributed by atoms with Crippen LogP contribution in [0.1, 0.15) is 67.2 Å². The summed E-state index contributed by atoms with van der Waals surface area (Å²) in [4.78, 5) is 42.2. The van der Waals surface area contributed by atoms with Crippen LogP contribution in [0.2, 0.25) is 0 Å². The number of aliphatic hydroxyl groups excluding tert-OH is 1. The van der Waals surface area contributed by atoms with Gasteiger partial charge in [0.1, 0.15) is 5.75 Å². The van der Waals surface area contributed by atoms with Gasteiger partial charge in [-0.2, -0.15) is 5.26 Å². The van der Waals surface area contributed by atoms with E-state index in [9.17, 15) is 29.9 Å². The Morgan fingerprint density at radius 1 is 1.20 bits per heavy atom. The molecule has 3 rings (SSSR count). The molecule has 0 fully saturated rings. The minimum absolute atomic E-state index is 0.0939. The van der Waals surface area contributed by atoms with E-state index in [0.717, 1.165) is 5.56 Å². The molecule has 6 N–H and O–H groups in total. The van der Waals surface area contributed by atoms with Crippen LogP contribution in [0.3, 0.4) is 0 Å². The molecular formula is C29H36N6O6. The van der Waals surface area contributed by atoms with Crippen LogP contribution < -0.4 is 21.3 Å².